The van der Waals surface area contributed by atoms with Gasteiger partial charge in [-0.3, -0.25) is 4.90 Å². The number of fused-ring (bicyclic) bond motifs is 1. The summed E-state index contributed by atoms with van der Waals surface area (Å²) in [6.07, 6.45) is 6.12. The van der Waals surface area contributed by atoms with Crippen molar-refractivity contribution in [1.29, 1.82) is 0 Å². The molecule has 2 atom stereocenters. The van der Waals surface area contributed by atoms with Gasteiger partial charge in [0.05, 0.1) is 18.2 Å². The predicted molar refractivity (Wildman–Crippen MR) is 85.5 cm³/mol. The van der Waals surface area contributed by atoms with E-state index in [-0.39, 0.29) is 18.9 Å². The maximum absolute atomic E-state index is 12.2. The monoisotopic (exact) mass is 339 g/mol. The Morgan fingerprint density at radius 3 is 3.13 bits per heavy atom. The van der Waals surface area contributed by atoms with Crippen LogP contribution in [0.4, 0.5) is 10.6 Å². The zero-order valence-corrected chi connectivity index (χ0v) is 14.2. The minimum Gasteiger partial charge on any atom is -0.444 e. The Labute approximate surface area is 139 Å². The molecule has 1 fully saturated rings. The average molecular weight is 339 g/mol. The Morgan fingerprint density at radius 2 is 2.39 bits per heavy atom. The van der Waals surface area contributed by atoms with Gasteiger partial charge >= 0.3 is 6.09 Å². The molecule has 2 aliphatic rings. The fraction of sp³-hybridized carbons (Fsp3) is 0.667. The second-order valence-corrected chi connectivity index (χ2v) is 6.38. The van der Waals surface area contributed by atoms with Crippen molar-refractivity contribution in [3.8, 4) is 0 Å². The summed E-state index contributed by atoms with van der Waals surface area (Å²) in [4.78, 5) is 22.4. The molecule has 23 heavy (non-hydrogen) atoms. The average Bonchev–Trinajstić information content (AvgIpc) is 2.60. The Bertz CT molecular complexity index is 566. The van der Waals surface area contributed by atoms with Crippen LogP contribution < -0.4 is 4.90 Å². The molecule has 1 amide bonds. The number of hydrogen-bond acceptors (Lipinski definition) is 7. The largest absolute Gasteiger partial charge is 0.444 e. The summed E-state index contributed by atoms with van der Waals surface area (Å²) in [5.74, 6) is 0.612. The van der Waals surface area contributed by atoms with Crippen molar-refractivity contribution in [3.63, 3.8) is 0 Å². The summed E-state index contributed by atoms with van der Waals surface area (Å²) < 4.78 is 16.6. The molecule has 0 saturated carbocycles. The van der Waals surface area contributed by atoms with Crippen LogP contribution in [0.15, 0.2) is 11.4 Å². The highest BCUT2D eigenvalue weighted by molar-refractivity contribution is 7.98. The number of amides is 1. The molecule has 0 bridgehead atoms. The van der Waals surface area contributed by atoms with Gasteiger partial charge in [0.2, 0.25) is 0 Å². The van der Waals surface area contributed by atoms with Gasteiger partial charge in [0.25, 0.3) is 0 Å². The van der Waals surface area contributed by atoms with Gasteiger partial charge in [-0.25, -0.2) is 14.8 Å². The van der Waals surface area contributed by atoms with Crippen LogP contribution in [0.1, 0.15) is 31.7 Å². The van der Waals surface area contributed by atoms with E-state index in [9.17, 15) is 4.79 Å². The summed E-state index contributed by atoms with van der Waals surface area (Å²) in [7, 11) is 0. The van der Waals surface area contributed by atoms with Gasteiger partial charge < -0.3 is 14.2 Å². The fourth-order valence-electron chi connectivity index (χ4n) is 2.64. The van der Waals surface area contributed by atoms with Gasteiger partial charge in [0, 0.05) is 12.8 Å². The van der Waals surface area contributed by atoms with E-state index in [2.05, 4.69) is 9.97 Å². The van der Waals surface area contributed by atoms with E-state index in [4.69, 9.17) is 14.2 Å². The molecule has 2 unspecified atom stereocenters. The highest BCUT2D eigenvalue weighted by atomic mass is 32.2. The number of hydrogen-bond donors (Lipinski definition) is 0. The molecule has 0 N–H and O–H groups in total. The Kier molecular flexibility index (Phi) is 5.34. The third kappa shape index (κ3) is 3.76. The van der Waals surface area contributed by atoms with Crippen molar-refractivity contribution in [2.75, 3.05) is 24.4 Å². The van der Waals surface area contributed by atoms with Crippen LogP contribution >= 0.6 is 11.8 Å². The molecule has 0 aromatic carbocycles. The topological polar surface area (TPSA) is 73.8 Å². The minimum absolute atomic E-state index is 0.182. The van der Waals surface area contributed by atoms with Crippen molar-refractivity contribution in [3.05, 3.63) is 11.8 Å². The lowest BCUT2D eigenvalue weighted by atomic mass is 10.2. The molecule has 0 spiro atoms. The first-order valence-electron chi connectivity index (χ1n) is 7.78. The molecular formula is C15H21N3O4S. The number of carbonyl (C=O) groups is 1. The first-order chi connectivity index (χ1) is 11.2. The van der Waals surface area contributed by atoms with Crippen LogP contribution in [0, 0.1) is 0 Å². The first-order valence-corrected chi connectivity index (χ1v) is 9.00. The summed E-state index contributed by atoms with van der Waals surface area (Å²) in [5.41, 5.74) is 0.808. The first kappa shape index (κ1) is 16.5. The third-order valence-electron chi connectivity index (χ3n) is 3.88. The van der Waals surface area contributed by atoms with E-state index in [0.29, 0.717) is 17.6 Å². The van der Waals surface area contributed by atoms with E-state index < -0.39 is 6.09 Å². The van der Waals surface area contributed by atoms with Crippen molar-refractivity contribution in [2.45, 2.75) is 50.3 Å². The molecule has 0 aliphatic carbocycles. The zero-order chi connectivity index (χ0) is 16.2. The summed E-state index contributed by atoms with van der Waals surface area (Å²) in [5, 5.41) is 0.632. The molecule has 1 aromatic heterocycles. The van der Waals surface area contributed by atoms with Crippen LogP contribution in [-0.4, -0.2) is 47.9 Å². The molecule has 2 aliphatic heterocycles. The van der Waals surface area contributed by atoms with Crippen molar-refractivity contribution < 1.29 is 19.0 Å². The van der Waals surface area contributed by atoms with Gasteiger partial charge in [0.1, 0.15) is 12.4 Å². The molecule has 0 radical (unpaired) electrons. The maximum Gasteiger partial charge on any atom is 0.416 e. The molecular weight excluding hydrogens is 318 g/mol. The lowest BCUT2D eigenvalue weighted by Gasteiger charge is -2.33. The number of nitrogens with zero attached hydrogens (tertiary/aromatic N) is 3. The Hall–Kier alpha value is -1.38. The van der Waals surface area contributed by atoms with Crippen molar-refractivity contribution in [2.24, 2.45) is 0 Å². The molecule has 8 heteroatoms. The summed E-state index contributed by atoms with van der Waals surface area (Å²) >= 11 is 1.44. The minimum atomic E-state index is -0.399. The lowest BCUT2D eigenvalue weighted by molar-refractivity contribution is -0.164. The van der Waals surface area contributed by atoms with Crippen LogP contribution in [0.2, 0.25) is 0 Å². The zero-order valence-electron chi connectivity index (χ0n) is 13.4. The van der Waals surface area contributed by atoms with Gasteiger partial charge in [0.15, 0.2) is 11.4 Å². The van der Waals surface area contributed by atoms with Gasteiger partial charge in [-0.1, -0.05) is 11.8 Å². The van der Waals surface area contributed by atoms with Gasteiger partial charge in [-0.2, -0.15) is 0 Å². The fourth-order valence-corrected chi connectivity index (χ4v) is 2.97. The van der Waals surface area contributed by atoms with E-state index in [0.717, 1.165) is 31.4 Å². The SMILES string of the molecule is CSc1ncc2c(n1)N(C(C)COC1CCCCO1)C(=O)OC2. The number of cyclic esters (lactones) is 1. The summed E-state index contributed by atoms with van der Waals surface area (Å²) in [6.45, 7) is 3.23. The second kappa shape index (κ2) is 7.46. The van der Waals surface area contributed by atoms with Crippen molar-refractivity contribution in [1.82, 2.24) is 9.97 Å². The quantitative estimate of drug-likeness (QED) is 0.603. The normalized spacial score (nSPS) is 22.4. The van der Waals surface area contributed by atoms with E-state index in [1.54, 1.807) is 11.1 Å². The van der Waals surface area contributed by atoms with Crippen molar-refractivity contribution >= 4 is 23.7 Å². The van der Waals surface area contributed by atoms with E-state index in [1.807, 2.05) is 13.2 Å². The molecule has 7 nitrogen and oxygen atoms in total. The Balaban J connectivity index is 1.71. The second-order valence-electron chi connectivity index (χ2n) is 5.61. The van der Waals surface area contributed by atoms with Crippen LogP contribution in [0.5, 0.6) is 0 Å². The van der Waals surface area contributed by atoms with Crippen LogP contribution in [0.3, 0.4) is 0 Å². The molecule has 3 heterocycles. The molecule has 3 rings (SSSR count). The lowest BCUT2D eigenvalue weighted by Crippen LogP contribution is -2.46. The Morgan fingerprint density at radius 1 is 1.52 bits per heavy atom. The highest BCUT2D eigenvalue weighted by Gasteiger charge is 2.32. The molecule has 1 saturated heterocycles. The highest BCUT2D eigenvalue weighted by Crippen LogP contribution is 2.28. The van der Waals surface area contributed by atoms with Crippen LogP contribution in [0.25, 0.3) is 0 Å². The van der Waals surface area contributed by atoms with Gasteiger partial charge in [-0.05, 0) is 32.4 Å². The molecule has 126 valence electrons. The van der Waals surface area contributed by atoms with E-state index in [1.165, 1.54) is 11.8 Å². The third-order valence-corrected chi connectivity index (χ3v) is 4.44. The standard InChI is InChI=1S/C15H21N3O4S/c1-10(8-21-12-5-3-4-6-20-12)18-13-11(9-22-15(18)19)7-16-14(17-13)23-2/h7,10,12H,3-6,8-9H2,1-2H3. The summed E-state index contributed by atoms with van der Waals surface area (Å²) in [6, 6.07) is -0.198. The number of anilines is 1. The van der Waals surface area contributed by atoms with E-state index >= 15 is 0 Å². The number of ether oxygens (including phenoxy) is 3. The molecule has 1 aromatic rings. The predicted octanol–water partition coefficient (Wildman–Crippen LogP) is 2.59. The number of aromatic nitrogens is 2. The number of carbonyl (C=O) groups excluding carboxylic acids is 1. The smallest absolute Gasteiger partial charge is 0.416 e. The maximum atomic E-state index is 12.2. The number of thioether (sulfide) groups is 1. The number of rotatable bonds is 5. The van der Waals surface area contributed by atoms with Crippen LogP contribution in [-0.2, 0) is 20.8 Å². The van der Waals surface area contributed by atoms with Gasteiger partial charge in [-0.15, -0.1) is 0 Å².